The van der Waals surface area contributed by atoms with Gasteiger partial charge in [-0.15, -0.1) is 0 Å². The smallest absolute Gasteiger partial charge is 0.126 e. The Labute approximate surface area is 81.9 Å². The number of carbonyl (C=O) groups excluding carboxylic acids is 1. The van der Waals surface area contributed by atoms with E-state index in [0.717, 1.165) is 31.1 Å². The number of aldehydes is 1. The van der Waals surface area contributed by atoms with Crippen LogP contribution in [-0.2, 0) is 4.79 Å². The summed E-state index contributed by atoms with van der Waals surface area (Å²) in [6.07, 6.45) is 7.05. The molecule has 1 fully saturated rings. The van der Waals surface area contributed by atoms with Crippen molar-refractivity contribution in [1.29, 1.82) is 0 Å². The Morgan fingerprint density at radius 2 is 2.23 bits per heavy atom. The fraction of sp³-hybridized carbons (Fsp3) is 0.917. The van der Waals surface area contributed by atoms with Crippen LogP contribution >= 0.6 is 0 Å². The molecule has 2 unspecified atom stereocenters. The van der Waals surface area contributed by atoms with Gasteiger partial charge in [0.2, 0.25) is 0 Å². The van der Waals surface area contributed by atoms with Crippen molar-refractivity contribution in [3.63, 3.8) is 0 Å². The van der Waals surface area contributed by atoms with Crippen LogP contribution in [0, 0.1) is 17.3 Å². The van der Waals surface area contributed by atoms with Crippen LogP contribution < -0.4 is 0 Å². The molecule has 13 heavy (non-hydrogen) atoms. The molecule has 1 saturated carbocycles. The molecule has 0 aromatic rings. The van der Waals surface area contributed by atoms with Crippen molar-refractivity contribution in [2.24, 2.45) is 17.3 Å². The van der Waals surface area contributed by atoms with Gasteiger partial charge < -0.3 is 4.79 Å². The molecule has 0 amide bonds. The standard InChI is InChI=1S/C12H22O/c1-10(2)4-6-12(9-13)7-5-11(3)8-12/h9-11H,4-8H2,1-3H3. The molecule has 0 aromatic heterocycles. The van der Waals surface area contributed by atoms with Crippen molar-refractivity contribution in [1.82, 2.24) is 0 Å². The molecule has 1 rings (SSSR count). The maximum atomic E-state index is 11.1. The van der Waals surface area contributed by atoms with E-state index in [0.29, 0.717) is 0 Å². The molecule has 1 heteroatoms. The first-order chi connectivity index (χ1) is 6.08. The zero-order valence-corrected chi connectivity index (χ0v) is 9.18. The van der Waals surface area contributed by atoms with Crippen LogP contribution in [0.25, 0.3) is 0 Å². The molecular formula is C12H22O. The van der Waals surface area contributed by atoms with E-state index < -0.39 is 0 Å². The summed E-state index contributed by atoms with van der Waals surface area (Å²) in [6, 6.07) is 0. The van der Waals surface area contributed by atoms with E-state index >= 15 is 0 Å². The first-order valence-corrected chi connectivity index (χ1v) is 5.54. The second-order valence-electron chi connectivity index (χ2n) is 5.26. The molecule has 0 spiro atoms. The van der Waals surface area contributed by atoms with Crippen molar-refractivity contribution in [2.75, 3.05) is 0 Å². The highest BCUT2D eigenvalue weighted by Gasteiger charge is 2.36. The largest absolute Gasteiger partial charge is 0.303 e. The van der Waals surface area contributed by atoms with Crippen LogP contribution in [0.4, 0.5) is 0 Å². The van der Waals surface area contributed by atoms with Crippen LogP contribution in [0.1, 0.15) is 52.9 Å². The van der Waals surface area contributed by atoms with Gasteiger partial charge in [-0.05, 0) is 37.5 Å². The molecule has 0 bridgehead atoms. The summed E-state index contributed by atoms with van der Waals surface area (Å²) < 4.78 is 0. The van der Waals surface area contributed by atoms with Crippen LogP contribution in [0.3, 0.4) is 0 Å². The van der Waals surface area contributed by atoms with E-state index in [9.17, 15) is 4.79 Å². The van der Waals surface area contributed by atoms with Gasteiger partial charge in [0.25, 0.3) is 0 Å². The van der Waals surface area contributed by atoms with Gasteiger partial charge in [0, 0.05) is 5.41 Å². The summed E-state index contributed by atoms with van der Waals surface area (Å²) in [6.45, 7) is 6.73. The summed E-state index contributed by atoms with van der Waals surface area (Å²) in [5.74, 6) is 1.49. The Balaban J connectivity index is 2.46. The molecule has 0 aliphatic heterocycles. The van der Waals surface area contributed by atoms with Gasteiger partial charge in [-0.1, -0.05) is 27.2 Å². The topological polar surface area (TPSA) is 17.1 Å². The Hall–Kier alpha value is -0.330. The molecule has 0 N–H and O–H groups in total. The first kappa shape index (κ1) is 10.7. The predicted octanol–water partition coefficient (Wildman–Crippen LogP) is 3.43. The van der Waals surface area contributed by atoms with Crippen molar-refractivity contribution < 1.29 is 4.79 Å². The van der Waals surface area contributed by atoms with Crippen molar-refractivity contribution in [3.05, 3.63) is 0 Å². The van der Waals surface area contributed by atoms with Crippen molar-refractivity contribution in [3.8, 4) is 0 Å². The average Bonchev–Trinajstić information content (AvgIpc) is 2.45. The van der Waals surface area contributed by atoms with E-state index in [1.54, 1.807) is 0 Å². The molecule has 1 aliphatic carbocycles. The molecule has 0 radical (unpaired) electrons. The Morgan fingerprint density at radius 3 is 2.62 bits per heavy atom. The maximum absolute atomic E-state index is 11.1. The van der Waals surface area contributed by atoms with Crippen molar-refractivity contribution >= 4 is 6.29 Å². The highest BCUT2D eigenvalue weighted by Crippen LogP contribution is 2.43. The fourth-order valence-corrected chi connectivity index (χ4v) is 2.40. The quantitative estimate of drug-likeness (QED) is 0.609. The molecule has 1 nitrogen and oxygen atoms in total. The number of carbonyl (C=O) groups is 1. The first-order valence-electron chi connectivity index (χ1n) is 5.54. The highest BCUT2D eigenvalue weighted by atomic mass is 16.1. The minimum Gasteiger partial charge on any atom is -0.303 e. The van der Waals surface area contributed by atoms with E-state index in [1.165, 1.54) is 19.1 Å². The molecule has 2 atom stereocenters. The normalized spacial score (nSPS) is 34.0. The van der Waals surface area contributed by atoms with Crippen LogP contribution in [0.15, 0.2) is 0 Å². The maximum Gasteiger partial charge on any atom is 0.126 e. The molecule has 0 aromatic carbocycles. The lowest BCUT2D eigenvalue weighted by molar-refractivity contribution is -0.116. The predicted molar refractivity (Wildman–Crippen MR) is 55.6 cm³/mol. The fourth-order valence-electron chi connectivity index (χ4n) is 2.40. The summed E-state index contributed by atoms with van der Waals surface area (Å²) in [7, 11) is 0. The lowest BCUT2D eigenvalue weighted by Gasteiger charge is -2.22. The van der Waals surface area contributed by atoms with Gasteiger partial charge in [0.1, 0.15) is 6.29 Å². The summed E-state index contributed by atoms with van der Waals surface area (Å²) >= 11 is 0. The summed E-state index contributed by atoms with van der Waals surface area (Å²) in [4.78, 5) is 11.1. The molecular weight excluding hydrogens is 160 g/mol. The Kier molecular flexibility index (Phi) is 3.52. The highest BCUT2D eigenvalue weighted by molar-refractivity contribution is 5.59. The number of rotatable bonds is 4. The zero-order valence-electron chi connectivity index (χ0n) is 9.18. The van der Waals surface area contributed by atoms with Crippen LogP contribution in [-0.4, -0.2) is 6.29 Å². The van der Waals surface area contributed by atoms with E-state index in [4.69, 9.17) is 0 Å². The van der Waals surface area contributed by atoms with Gasteiger partial charge in [0.05, 0.1) is 0 Å². The average molecular weight is 182 g/mol. The molecule has 1 aliphatic rings. The van der Waals surface area contributed by atoms with E-state index in [-0.39, 0.29) is 5.41 Å². The number of hydrogen-bond acceptors (Lipinski definition) is 1. The van der Waals surface area contributed by atoms with Crippen LogP contribution in [0.5, 0.6) is 0 Å². The minimum absolute atomic E-state index is 0.0592. The number of hydrogen-bond donors (Lipinski definition) is 0. The third-order valence-electron chi connectivity index (χ3n) is 3.36. The molecule has 0 saturated heterocycles. The second kappa shape index (κ2) is 4.26. The van der Waals surface area contributed by atoms with Crippen molar-refractivity contribution in [2.45, 2.75) is 52.9 Å². The summed E-state index contributed by atoms with van der Waals surface area (Å²) in [5.41, 5.74) is 0.0592. The van der Waals surface area contributed by atoms with Gasteiger partial charge in [-0.25, -0.2) is 0 Å². The van der Waals surface area contributed by atoms with Crippen LogP contribution in [0.2, 0.25) is 0 Å². The molecule has 76 valence electrons. The lowest BCUT2D eigenvalue weighted by Crippen LogP contribution is -2.19. The Morgan fingerprint density at radius 1 is 1.54 bits per heavy atom. The second-order valence-corrected chi connectivity index (χ2v) is 5.26. The Bertz CT molecular complexity index is 174. The van der Waals surface area contributed by atoms with Gasteiger partial charge >= 0.3 is 0 Å². The molecule has 0 heterocycles. The van der Waals surface area contributed by atoms with Gasteiger partial charge in [0.15, 0.2) is 0 Å². The summed E-state index contributed by atoms with van der Waals surface area (Å²) in [5, 5.41) is 0. The van der Waals surface area contributed by atoms with E-state index in [2.05, 4.69) is 20.8 Å². The zero-order chi connectivity index (χ0) is 9.90. The van der Waals surface area contributed by atoms with E-state index in [1.807, 2.05) is 0 Å². The SMILES string of the molecule is CC(C)CCC1(C=O)CCC(C)C1. The van der Waals surface area contributed by atoms with Gasteiger partial charge in [-0.3, -0.25) is 0 Å². The lowest BCUT2D eigenvalue weighted by atomic mass is 9.81. The van der Waals surface area contributed by atoms with Gasteiger partial charge in [-0.2, -0.15) is 0 Å². The third-order valence-corrected chi connectivity index (χ3v) is 3.36. The monoisotopic (exact) mass is 182 g/mol. The minimum atomic E-state index is 0.0592. The third kappa shape index (κ3) is 2.82.